The molecule has 0 bridgehead atoms. The molecular weight excluding hydrogens is 442 g/mol. The Balaban J connectivity index is 1.65. The fourth-order valence-corrected chi connectivity index (χ4v) is 5.43. The minimum Gasteiger partial charge on any atom is -0.352 e. The van der Waals surface area contributed by atoms with Gasteiger partial charge in [-0.1, -0.05) is 35.9 Å². The molecule has 0 saturated heterocycles. The van der Waals surface area contributed by atoms with Crippen LogP contribution >= 0.6 is 11.3 Å². The average molecular weight is 472 g/mol. The van der Waals surface area contributed by atoms with Crippen molar-refractivity contribution in [2.24, 2.45) is 0 Å². The number of nitrogens with zero attached hydrogens (tertiary/aromatic N) is 1. The van der Waals surface area contributed by atoms with Gasteiger partial charge in [0.15, 0.2) is 0 Å². The highest BCUT2D eigenvalue weighted by molar-refractivity contribution is 7.89. The highest BCUT2D eigenvalue weighted by Crippen LogP contribution is 2.24. The van der Waals surface area contributed by atoms with E-state index in [1.54, 1.807) is 45.1 Å². The van der Waals surface area contributed by atoms with Crippen LogP contribution in [0, 0.1) is 13.8 Å². The van der Waals surface area contributed by atoms with Gasteiger partial charge in [0, 0.05) is 35.0 Å². The van der Waals surface area contributed by atoms with Crippen molar-refractivity contribution in [3.63, 3.8) is 0 Å². The second kappa shape index (κ2) is 9.52. The van der Waals surface area contributed by atoms with E-state index in [0.29, 0.717) is 24.1 Å². The molecular formula is C24H29N3O3S2. The number of amides is 1. The van der Waals surface area contributed by atoms with Crippen molar-refractivity contribution in [3.05, 3.63) is 70.2 Å². The minimum absolute atomic E-state index is 0.0745. The summed E-state index contributed by atoms with van der Waals surface area (Å²) in [5.41, 5.74) is 3.64. The summed E-state index contributed by atoms with van der Waals surface area (Å²) in [6, 6.07) is 12.8. The van der Waals surface area contributed by atoms with Gasteiger partial charge >= 0.3 is 0 Å². The number of carbonyl (C=O) groups is 1. The molecule has 0 aliphatic carbocycles. The quantitative estimate of drug-likeness (QED) is 0.532. The van der Waals surface area contributed by atoms with E-state index in [-0.39, 0.29) is 10.8 Å². The molecule has 3 aromatic rings. The number of hydrogen-bond donors (Lipinski definition) is 2. The molecule has 1 aromatic heterocycles. The summed E-state index contributed by atoms with van der Waals surface area (Å²) in [6.07, 6.45) is 0.594. The molecule has 1 heterocycles. The maximum absolute atomic E-state index is 12.7. The molecule has 0 fully saturated rings. The third kappa shape index (κ3) is 6.25. The lowest BCUT2D eigenvalue weighted by molar-refractivity contribution is 0.0953. The van der Waals surface area contributed by atoms with Crippen molar-refractivity contribution in [2.45, 2.75) is 51.5 Å². The van der Waals surface area contributed by atoms with E-state index in [4.69, 9.17) is 0 Å². The predicted molar refractivity (Wildman–Crippen MR) is 130 cm³/mol. The van der Waals surface area contributed by atoms with Crippen molar-refractivity contribution in [1.29, 1.82) is 0 Å². The number of aromatic nitrogens is 1. The topological polar surface area (TPSA) is 88.2 Å². The van der Waals surface area contributed by atoms with Crippen LogP contribution in [-0.4, -0.2) is 31.4 Å². The van der Waals surface area contributed by atoms with Crippen molar-refractivity contribution >= 4 is 27.3 Å². The van der Waals surface area contributed by atoms with E-state index in [2.05, 4.69) is 39.3 Å². The first-order valence-electron chi connectivity index (χ1n) is 10.4. The highest BCUT2D eigenvalue weighted by atomic mass is 32.2. The van der Waals surface area contributed by atoms with Crippen LogP contribution in [0.1, 0.15) is 48.0 Å². The summed E-state index contributed by atoms with van der Waals surface area (Å²) < 4.78 is 27.9. The summed E-state index contributed by atoms with van der Waals surface area (Å²) >= 11 is 1.58. The average Bonchev–Trinajstić information content (AvgIpc) is 3.15. The highest BCUT2D eigenvalue weighted by Gasteiger charge is 2.23. The van der Waals surface area contributed by atoms with Crippen LogP contribution in [0.2, 0.25) is 0 Å². The second-order valence-electron chi connectivity index (χ2n) is 8.85. The summed E-state index contributed by atoms with van der Waals surface area (Å²) in [5, 5.41) is 5.83. The first-order chi connectivity index (χ1) is 14.9. The van der Waals surface area contributed by atoms with Crippen LogP contribution in [-0.2, 0) is 16.4 Å². The Bertz CT molecular complexity index is 1210. The number of sulfonamides is 1. The van der Waals surface area contributed by atoms with Gasteiger partial charge in [-0.25, -0.2) is 18.1 Å². The van der Waals surface area contributed by atoms with E-state index in [9.17, 15) is 13.2 Å². The molecule has 170 valence electrons. The molecule has 0 spiro atoms. The zero-order chi connectivity index (χ0) is 23.5. The third-order valence-corrected chi connectivity index (χ3v) is 7.42. The first-order valence-corrected chi connectivity index (χ1v) is 12.8. The van der Waals surface area contributed by atoms with Crippen molar-refractivity contribution in [1.82, 2.24) is 15.0 Å². The van der Waals surface area contributed by atoms with E-state index in [1.165, 1.54) is 17.7 Å². The molecule has 8 heteroatoms. The van der Waals surface area contributed by atoms with Crippen LogP contribution < -0.4 is 10.0 Å². The summed E-state index contributed by atoms with van der Waals surface area (Å²) in [6.45, 7) is 9.57. The first kappa shape index (κ1) is 24.1. The maximum atomic E-state index is 12.7. The lowest BCUT2D eigenvalue weighted by atomic mass is 10.1. The van der Waals surface area contributed by atoms with Crippen LogP contribution in [0.25, 0.3) is 10.6 Å². The van der Waals surface area contributed by atoms with Crippen molar-refractivity contribution < 1.29 is 13.2 Å². The van der Waals surface area contributed by atoms with Crippen LogP contribution in [0.4, 0.5) is 0 Å². The number of aryl methyl sites for hydroxylation is 2. The van der Waals surface area contributed by atoms with E-state index >= 15 is 0 Å². The fraction of sp³-hybridized carbons (Fsp3) is 0.333. The molecule has 0 aliphatic heterocycles. The Morgan fingerprint density at radius 2 is 1.75 bits per heavy atom. The van der Waals surface area contributed by atoms with Gasteiger partial charge in [0.25, 0.3) is 5.91 Å². The molecule has 3 rings (SSSR count). The largest absolute Gasteiger partial charge is 0.352 e. The molecule has 6 nitrogen and oxygen atoms in total. The monoisotopic (exact) mass is 471 g/mol. The molecule has 0 radical (unpaired) electrons. The van der Waals surface area contributed by atoms with Gasteiger partial charge in [0.2, 0.25) is 10.0 Å². The Morgan fingerprint density at radius 3 is 2.41 bits per heavy atom. The maximum Gasteiger partial charge on any atom is 0.251 e. The normalized spacial score (nSPS) is 12.0. The molecule has 2 aromatic carbocycles. The van der Waals surface area contributed by atoms with Crippen molar-refractivity contribution in [2.75, 3.05) is 6.54 Å². The Morgan fingerprint density at radius 1 is 1.06 bits per heavy atom. The van der Waals surface area contributed by atoms with Crippen LogP contribution in [0.5, 0.6) is 0 Å². The molecule has 0 aliphatic rings. The van der Waals surface area contributed by atoms with Gasteiger partial charge in [0.1, 0.15) is 5.01 Å². The number of nitrogens with one attached hydrogen (secondary N) is 2. The molecule has 0 unspecified atom stereocenters. The van der Waals surface area contributed by atoms with Gasteiger partial charge in [0.05, 0.1) is 10.6 Å². The van der Waals surface area contributed by atoms with E-state index in [1.807, 2.05) is 12.3 Å². The number of rotatable bonds is 7. The molecule has 0 saturated carbocycles. The van der Waals surface area contributed by atoms with Crippen LogP contribution in [0.3, 0.4) is 0 Å². The number of carbonyl (C=O) groups excluding carboxylic acids is 1. The Kier molecular flexibility index (Phi) is 7.17. The second-order valence-corrected chi connectivity index (χ2v) is 11.4. The standard InChI is InChI=1S/C24H29N3O3S2/c1-16-6-9-18(10-7-16)23-26-19(15-31-23)12-13-25-22(28)21-14-20(11-8-17(21)2)32(29,30)27-24(3,4)5/h6-11,14-15,27H,12-13H2,1-5H3,(H,25,28). The third-order valence-electron chi connectivity index (χ3n) is 4.72. The molecule has 1 amide bonds. The predicted octanol–water partition coefficient (Wildman–Crippen LogP) is 4.48. The SMILES string of the molecule is Cc1ccc(-c2nc(CCNC(=O)c3cc(S(=O)(=O)NC(C)(C)C)ccc3C)cs2)cc1. The van der Waals surface area contributed by atoms with E-state index in [0.717, 1.165) is 16.3 Å². The number of benzene rings is 2. The number of thiazole rings is 1. The Labute approximate surface area is 194 Å². The lowest BCUT2D eigenvalue weighted by Crippen LogP contribution is -2.40. The molecule has 32 heavy (non-hydrogen) atoms. The van der Waals surface area contributed by atoms with Crippen LogP contribution in [0.15, 0.2) is 52.7 Å². The summed E-state index contributed by atoms with van der Waals surface area (Å²) in [7, 11) is -3.72. The zero-order valence-corrected chi connectivity index (χ0v) is 20.7. The van der Waals surface area contributed by atoms with Gasteiger partial charge in [-0.15, -0.1) is 11.3 Å². The van der Waals surface area contributed by atoms with E-state index < -0.39 is 15.6 Å². The minimum atomic E-state index is -3.72. The number of hydrogen-bond acceptors (Lipinski definition) is 5. The zero-order valence-electron chi connectivity index (χ0n) is 19.0. The van der Waals surface area contributed by atoms with Gasteiger partial charge in [-0.05, 0) is 52.3 Å². The van der Waals surface area contributed by atoms with Gasteiger partial charge in [-0.2, -0.15) is 0 Å². The Hall–Kier alpha value is -2.55. The summed E-state index contributed by atoms with van der Waals surface area (Å²) in [5.74, 6) is -0.302. The molecule has 2 N–H and O–H groups in total. The molecule has 0 atom stereocenters. The van der Waals surface area contributed by atoms with Gasteiger partial charge < -0.3 is 5.32 Å². The smallest absolute Gasteiger partial charge is 0.251 e. The fourth-order valence-electron chi connectivity index (χ4n) is 3.12. The summed E-state index contributed by atoms with van der Waals surface area (Å²) in [4.78, 5) is 17.5. The van der Waals surface area contributed by atoms with Crippen molar-refractivity contribution in [3.8, 4) is 10.6 Å². The lowest BCUT2D eigenvalue weighted by Gasteiger charge is -2.20. The van der Waals surface area contributed by atoms with Gasteiger partial charge in [-0.3, -0.25) is 4.79 Å².